The minimum Gasteiger partial charge on any atom is -0.422 e. The molecule has 0 bridgehead atoms. The van der Waals surface area contributed by atoms with Gasteiger partial charge in [-0.15, -0.1) is 0 Å². The first-order valence-corrected chi connectivity index (χ1v) is 6.84. The van der Waals surface area contributed by atoms with Crippen LogP contribution in [0.1, 0.15) is 13.3 Å². The van der Waals surface area contributed by atoms with Gasteiger partial charge in [0.2, 0.25) is 5.91 Å². The van der Waals surface area contributed by atoms with Crippen LogP contribution in [0.4, 0.5) is 0 Å². The second kappa shape index (κ2) is 5.40. The number of para-hydroxylation sites is 1. The van der Waals surface area contributed by atoms with Crippen molar-refractivity contribution in [2.45, 2.75) is 19.9 Å². The number of carbonyl (C=O) groups is 1. The first-order valence-electron chi connectivity index (χ1n) is 6.84. The van der Waals surface area contributed by atoms with Crippen molar-refractivity contribution in [3.8, 4) is 0 Å². The number of fused-ring (bicyclic) bond motifs is 3. The molecule has 0 radical (unpaired) electrons. The Hall–Kier alpha value is -2.63. The van der Waals surface area contributed by atoms with Crippen molar-refractivity contribution in [2.75, 3.05) is 6.54 Å². The van der Waals surface area contributed by atoms with E-state index < -0.39 is 5.63 Å². The van der Waals surface area contributed by atoms with Crippen LogP contribution in [0.15, 0.2) is 39.7 Å². The molecule has 2 heterocycles. The average molecular weight is 285 g/mol. The van der Waals surface area contributed by atoms with E-state index in [9.17, 15) is 9.59 Å². The highest BCUT2D eigenvalue weighted by Crippen LogP contribution is 2.22. The van der Waals surface area contributed by atoms with Crippen LogP contribution in [0, 0.1) is 0 Å². The lowest BCUT2D eigenvalue weighted by atomic mass is 10.2. The van der Waals surface area contributed by atoms with Crippen LogP contribution in [0.2, 0.25) is 0 Å². The van der Waals surface area contributed by atoms with Crippen LogP contribution in [-0.2, 0) is 11.3 Å². The molecule has 3 rings (SSSR count). The lowest BCUT2D eigenvalue weighted by Gasteiger charge is -2.06. The van der Waals surface area contributed by atoms with Gasteiger partial charge in [0.15, 0.2) is 0 Å². The maximum Gasteiger partial charge on any atom is 0.347 e. The first-order chi connectivity index (χ1) is 10.2. The van der Waals surface area contributed by atoms with Crippen molar-refractivity contribution >= 4 is 27.8 Å². The van der Waals surface area contributed by atoms with E-state index in [-0.39, 0.29) is 12.5 Å². The van der Waals surface area contributed by atoms with Crippen LogP contribution in [0.5, 0.6) is 0 Å². The fraction of sp³-hybridized carbons (Fsp3) is 0.267. The van der Waals surface area contributed by atoms with Crippen LogP contribution >= 0.6 is 0 Å². The van der Waals surface area contributed by atoms with Gasteiger partial charge in [0.25, 0.3) is 0 Å². The van der Waals surface area contributed by atoms with Gasteiger partial charge in [-0.1, -0.05) is 19.1 Å². The molecule has 3 aromatic rings. The molecule has 1 N–H and O–H groups in total. The number of nitrogens with one attached hydrogen (secondary N) is 1. The predicted molar refractivity (Wildman–Crippen MR) is 79.1 cm³/mol. The van der Waals surface area contributed by atoms with Gasteiger partial charge in [0.1, 0.15) is 17.5 Å². The van der Waals surface area contributed by atoms with Gasteiger partial charge >= 0.3 is 5.63 Å². The molecule has 0 saturated heterocycles. The van der Waals surface area contributed by atoms with Crippen molar-refractivity contribution in [3.63, 3.8) is 0 Å². The van der Waals surface area contributed by atoms with Gasteiger partial charge in [-0.2, -0.15) is 5.10 Å². The summed E-state index contributed by atoms with van der Waals surface area (Å²) in [7, 11) is 0. The largest absolute Gasteiger partial charge is 0.422 e. The van der Waals surface area contributed by atoms with E-state index in [0.717, 1.165) is 11.8 Å². The molecule has 21 heavy (non-hydrogen) atoms. The summed E-state index contributed by atoms with van der Waals surface area (Å²) in [5, 5.41) is 8.10. The molecule has 6 heteroatoms. The summed E-state index contributed by atoms with van der Waals surface area (Å²) in [4.78, 5) is 23.8. The quantitative estimate of drug-likeness (QED) is 0.740. The second-order valence-electron chi connectivity index (χ2n) is 4.80. The first kappa shape index (κ1) is 13.4. The number of hydrogen-bond acceptors (Lipinski definition) is 4. The highest BCUT2D eigenvalue weighted by atomic mass is 16.4. The molecule has 1 amide bonds. The van der Waals surface area contributed by atoms with Gasteiger partial charge in [-0.05, 0) is 18.6 Å². The Morgan fingerprint density at radius 2 is 2.14 bits per heavy atom. The average Bonchev–Trinajstić information content (AvgIpc) is 2.90. The summed E-state index contributed by atoms with van der Waals surface area (Å²) >= 11 is 0. The number of benzene rings is 1. The topological polar surface area (TPSA) is 77.1 Å². The molecular formula is C15H15N3O3. The molecule has 0 spiro atoms. The minimum absolute atomic E-state index is 0.0803. The smallest absolute Gasteiger partial charge is 0.347 e. The maximum absolute atomic E-state index is 11.9. The molecule has 1 aromatic carbocycles. The number of nitrogens with zero attached hydrogens (tertiary/aromatic N) is 2. The van der Waals surface area contributed by atoms with Gasteiger partial charge in [-0.3, -0.25) is 9.48 Å². The number of carbonyl (C=O) groups excluding carboxylic acids is 1. The Kier molecular flexibility index (Phi) is 3.43. The van der Waals surface area contributed by atoms with Crippen molar-refractivity contribution < 1.29 is 9.21 Å². The maximum atomic E-state index is 11.9. The number of rotatable bonds is 4. The molecule has 6 nitrogen and oxygen atoms in total. The van der Waals surface area contributed by atoms with Crippen LogP contribution in [0.3, 0.4) is 0 Å². The second-order valence-corrected chi connectivity index (χ2v) is 4.80. The van der Waals surface area contributed by atoms with E-state index >= 15 is 0 Å². The summed E-state index contributed by atoms with van der Waals surface area (Å²) in [6.07, 6.45) is 2.32. The lowest BCUT2D eigenvalue weighted by molar-refractivity contribution is -0.121. The third kappa shape index (κ3) is 2.40. The van der Waals surface area contributed by atoms with Crippen molar-refractivity contribution in [3.05, 3.63) is 40.9 Å². The normalized spacial score (nSPS) is 11.1. The molecule has 0 aliphatic rings. The van der Waals surface area contributed by atoms with Gasteiger partial charge in [0.05, 0.1) is 11.7 Å². The Bertz CT molecular complexity index is 863. The van der Waals surface area contributed by atoms with Crippen LogP contribution in [0.25, 0.3) is 21.9 Å². The predicted octanol–water partition coefficient (Wildman–Crippen LogP) is 1.67. The van der Waals surface area contributed by atoms with E-state index in [4.69, 9.17) is 4.42 Å². The third-order valence-electron chi connectivity index (χ3n) is 3.27. The molecule has 0 atom stereocenters. The molecular weight excluding hydrogens is 270 g/mol. The molecule has 0 fully saturated rings. The Labute approximate surface area is 120 Å². The Balaban J connectivity index is 2.12. The highest BCUT2D eigenvalue weighted by molar-refractivity contribution is 6.02. The number of aromatic nitrogens is 2. The fourth-order valence-corrected chi connectivity index (χ4v) is 2.30. The fourth-order valence-electron chi connectivity index (χ4n) is 2.30. The molecule has 0 saturated carbocycles. The van der Waals surface area contributed by atoms with Gasteiger partial charge in [0, 0.05) is 11.9 Å². The van der Waals surface area contributed by atoms with Crippen LogP contribution < -0.4 is 10.9 Å². The van der Waals surface area contributed by atoms with E-state index in [1.54, 1.807) is 16.8 Å². The summed E-state index contributed by atoms with van der Waals surface area (Å²) in [6, 6.07) is 7.23. The van der Waals surface area contributed by atoms with Crippen LogP contribution in [-0.4, -0.2) is 22.2 Å². The zero-order valence-electron chi connectivity index (χ0n) is 11.6. The molecule has 0 unspecified atom stereocenters. The Morgan fingerprint density at radius 1 is 1.33 bits per heavy atom. The Morgan fingerprint density at radius 3 is 2.95 bits per heavy atom. The minimum atomic E-state index is -0.441. The third-order valence-corrected chi connectivity index (χ3v) is 3.27. The lowest BCUT2D eigenvalue weighted by Crippen LogP contribution is -2.28. The SMILES string of the molecule is CCCNC(=O)Cn1ncc2c(=O)oc3ccccc3c21. The van der Waals surface area contributed by atoms with E-state index in [1.807, 2.05) is 19.1 Å². The summed E-state index contributed by atoms with van der Waals surface area (Å²) in [5.74, 6) is -0.126. The summed E-state index contributed by atoms with van der Waals surface area (Å²) in [6.45, 7) is 2.69. The molecule has 0 aliphatic carbocycles. The van der Waals surface area contributed by atoms with E-state index in [2.05, 4.69) is 10.4 Å². The molecule has 2 aromatic heterocycles. The van der Waals surface area contributed by atoms with Gasteiger partial charge in [-0.25, -0.2) is 4.79 Å². The zero-order valence-corrected chi connectivity index (χ0v) is 11.6. The summed E-state index contributed by atoms with van der Waals surface area (Å²) in [5.41, 5.74) is 0.683. The van der Waals surface area contributed by atoms with E-state index in [0.29, 0.717) is 23.0 Å². The molecule has 108 valence electrons. The highest BCUT2D eigenvalue weighted by Gasteiger charge is 2.14. The number of hydrogen-bond donors (Lipinski definition) is 1. The van der Waals surface area contributed by atoms with Crippen molar-refractivity contribution in [2.24, 2.45) is 0 Å². The van der Waals surface area contributed by atoms with Crippen molar-refractivity contribution in [1.29, 1.82) is 0 Å². The van der Waals surface area contributed by atoms with Gasteiger partial charge < -0.3 is 9.73 Å². The van der Waals surface area contributed by atoms with Crippen molar-refractivity contribution in [1.82, 2.24) is 15.1 Å². The standard InChI is InChI=1S/C15H15N3O3/c1-2-7-16-13(19)9-18-14-10-5-3-4-6-12(10)21-15(20)11(14)8-17-18/h3-6,8H,2,7,9H2,1H3,(H,16,19). The summed E-state index contributed by atoms with van der Waals surface area (Å²) < 4.78 is 6.79. The monoisotopic (exact) mass is 285 g/mol. The zero-order chi connectivity index (χ0) is 14.8. The number of amides is 1. The van der Waals surface area contributed by atoms with E-state index in [1.165, 1.54) is 6.20 Å². The molecule has 0 aliphatic heterocycles.